The molecule has 1 saturated heterocycles. The van der Waals surface area contributed by atoms with Gasteiger partial charge in [-0.2, -0.15) is 0 Å². The zero-order chi connectivity index (χ0) is 30.8. The third-order valence-electron chi connectivity index (χ3n) is 15.7. The summed E-state index contributed by atoms with van der Waals surface area (Å²) in [5.41, 5.74) is 2.14. The van der Waals surface area contributed by atoms with Gasteiger partial charge in [-0.3, -0.25) is 4.79 Å². The van der Waals surface area contributed by atoms with Crippen molar-refractivity contribution in [3.05, 3.63) is 11.1 Å². The molecule has 4 aliphatic rings. The first-order chi connectivity index (χ1) is 17.9. The molecule has 0 radical (unpaired) electrons. The van der Waals surface area contributed by atoms with Crippen molar-refractivity contribution in [3.63, 3.8) is 0 Å². The third-order valence-corrected chi connectivity index (χ3v) is 15.7. The molecule has 10 atom stereocenters. The van der Waals surface area contributed by atoms with Crippen molar-refractivity contribution >= 4 is 5.97 Å². The highest BCUT2D eigenvalue weighted by atomic mass is 16.5. The molecule has 4 heteroatoms. The molecule has 0 spiro atoms. The van der Waals surface area contributed by atoms with Crippen LogP contribution < -0.4 is 5.32 Å². The molecule has 230 valence electrons. The van der Waals surface area contributed by atoms with Crippen LogP contribution in [-0.2, 0) is 14.3 Å². The Morgan fingerprint density at radius 1 is 0.950 bits per heavy atom. The molecule has 0 aromatic rings. The van der Waals surface area contributed by atoms with Crippen LogP contribution in [0.5, 0.6) is 0 Å². The van der Waals surface area contributed by atoms with E-state index in [1.807, 2.05) is 20.9 Å². The lowest BCUT2D eigenvalue weighted by Crippen LogP contribution is -2.74. The molecule has 2 saturated carbocycles. The highest BCUT2D eigenvalue weighted by Gasteiger charge is 2.75. The quantitative estimate of drug-likeness (QED) is 0.279. The van der Waals surface area contributed by atoms with E-state index in [1.54, 1.807) is 0 Å². The Morgan fingerprint density at radius 3 is 1.98 bits per heavy atom. The molecule has 1 heterocycles. The fraction of sp³-hybridized carbons (Fsp3) is 0.917. The van der Waals surface area contributed by atoms with E-state index in [4.69, 9.17) is 9.47 Å². The van der Waals surface area contributed by atoms with Gasteiger partial charge in [-0.25, -0.2) is 0 Å². The molecule has 0 aromatic heterocycles. The van der Waals surface area contributed by atoms with Crippen LogP contribution in [0.4, 0.5) is 0 Å². The lowest BCUT2D eigenvalue weighted by Gasteiger charge is -2.77. The molecule has 0 aromatic carbocycles. The molecule has 8 unspecified atom stereocenters. The van der Waals surface area contributed by atoms with Crippen LogP contribution in [0.3, 0.4) is 0 Å². The standard InChI is InChI=1S/C36H63NO3/c1-20-18-25-34(14,19-39-25)28-23(4)36(16)22(3)26(40-29(38)30(6,7)24(5)37-17)21(2)27(32(36,10)11)31(8,9)33(12,13)35(20,28)15/h20,22-26,28,37H,18-19H2,1-17H3/t20?,22?,23?,24?,25-,26?,28?,34-,35?,36?/m1/s1. The normalized spacial score (nSPS) is 46.2. The number of allylic oxidation sites excluding steroid dienone is 1. The summed E-state index contributed by atoms with van der Waals surface area (Å²) in [7, 11) is 1.92. The zero-order valence-electron chi connectivity index (χ0n) is 29.2. The van der Waals surface area contributed by atoms with E-state index >= 15 is 0 Å². The van der Waals surface area contributed by atoms with Gasteiger partial charge in [-0.05, 0) is 91.6 Å². The molecule has 4 rings (SSSR count). The van der Waals surface area contributed by atoms with Gasteiger partial charge in [0.2, 0.25) is 0 Å². The third kappa shape index (κ3) is 3.47. The van der Waals surface area contributed by atoms with Crippen molar-refractivity contribution < 1.29 is 14.3 Å². The second-order valence-electron chi connectivity index (χ2n) is 17.6. The maximum atomic E-state index is 13.9. The predicted octanol–water partition coefficient (Wildman–Crippen LogP) is 8.30. The molecule has 1 aliphatic heterocycles. The first-order valence-corrected chi connectivity index (χ1v) is 16.2. The Hall–Kier alpha value is -0.870. The number of hydrogen-bond acceptors (Lipinski definition) is 4. The van der Waals surface area contributed by atoms with E-state index in [2.05, 4.69) is 102 Å². The summed E-state index contributed by atoms with van der Waals surface area (Å²) in [6.45, 7) is 39.5. The average Bonchev–Trinajstić information content (AvgIpc) is 2.84. The second-order valence-corrected chi connectivity index (χ2v) is 17.6. The van der Waals surface area contributed by atoms with E-state index in [0.29, 0.717) is 23.9 Å². The minimum Gasteiger partial charge on any atom is -0.457 e. The van der Waals surface area contributed by atoms with Crippen LogP contribution >= 0.6 is 0 Å². The smallest absolute Gasteiger partial charge is 0.313 e. The zero-order valence-corrected chi connectivity index (χ0v) is 29.2. The minimum absolute atomic E-state index is 0.00778. The highest BCUT2D eigenvalue weighted by Crippen LogP contribution is 2.78. The van der Waals surface area contributed by atoms with E-state index < -0.39 is 5.41 Å². The molecule has 1 N–H and O–H groups in total. The van der Waals surface area contributed by atoms with E-state index in [1.165, 1.54) is 11.1 Å². The van der Waals surface area contributed by atoms with Crippen molar-refractivity contribution in [2.45, 2.75) is 135 Å². The number of rotatable bonds is 4. The summed E-state index contributed by atoms with van der Waals surface area (Å²) in [4.78, 5) is 13.9. The number of fused-ring (bicyclic) bond motifs is 5. The molecule has 3 fully saturated rings. The molecule has 3 aliphatic carbocycles. The Balaban J connectivity index is 2.02. The lowest BCUT2D eigenvalue weighted by molar-refractivity contribution is -0.322. The van der Waals surface area contributed by atoms with E-state index in [9.17, 15) is 4.79 Å². The summed E-state index contributed by atoms with van der Waals surface area (Å²) in [6.07, 6.45) is 1.23. The van der Waals surface area contributed by atoms with E-state index in [-0.39, 0.29) is 56.5 Å². The van der Waals surface area contributed by atoms with Crippen molar-refractivity contribution in [3.8, 4) is 0 Å². The van der Waals surface area contributed by atoms with Gasteiger partial charge in [0.15, 0.2) is 0 Å². The van der Waals surface area contributed by atoms with E-state index in [0.717, 1.165) is 13.0 Å². The molecule has 0 amide bonds. The number of nitrogens with one attached hydrogen (secondary N) is 1. The summed E-state index contributed by atoms with van der Waals surface area (Å²) in [5.74, 6) is 1.51. The summed E-state index contributed by atoms with van der Waals surface area (Å²) >= 11 is 0. The fourth-order valence-corrected chi connectivity index (χ4v) is 11.5. The number of carbonyl (C=O) groups is 1. The number of esters is 1. The van der Waals surface area contributed by atoms with Crippen molar-refractivity contribution in [2.24, 2.45) is 61.6 Å². The summed E-state index contributed by atoms with van der Waals surface area (Å²) in [6, 6.07) is 0.0126. The first-order valence-electron chi connectivity index (χ1n) is 16.2. The Labute approximate surface area is 247 Å². The van der Waals surface area contributed by atoms with Crippen LogP contribution in [0.2, 0.25) is 0 Å². The van der Waals surface area contributed by atoms with Gasteiger partial charge < -0.3 is 14.8 Å². The Bertz CT molecular complexity index is 1080. The fourth-order valence-electron chi connectivity index (χ4n) is 11.5. The molecular formula is C36H63NO3. The maximum absolute atomic E-state index is 13.9. The van der Waals surface area contributed by atoms with Crippen LogP contribution in [0.1, 0.15) is 117 Å². The highest BCUT2D eigenvalue weighted by molar-refractivity contribution is 5.77. The van der Waals surface area contributed by atoms with Gasteiger partial charge >= 0.3 is 5.97 Å². The molecule has 4 nitrogen and oxygen atoms in total. The summed E-state index contributed by atoms with van der Waals surface area (Å²) in [5, 5.41) is 3.29. The number of ether oxygens (including phenoxy) is 2. The summed E-state index contributed by atoms with van der Waals surface area (Å²) < 4.78 is 13.0. The second kappa shape index (κ2) is 9.07. The van der Waals surface area contributed by atoms with Crippen molar-refractivity contribution in [1.29, 1.82) is 0 Å². The largest absolute Gasteiger partial charge is 0.457 e. The first kappa shape index (κ1) is 32.1. The lowest BCUT2D eigenvalue weighted by atomic mass is 9.29. The van der Waals surface area contributed by atoms with Crippen molar-refractivity contribution in [2.75, 3.05) is 13.7 Å². The molecule has 2 bridgehead atoms. The van der Waals surface area contributed by atoms with Gasteiger partial charge in [-0.15, -0.1) is 0 Å². The van der Waals surface area contributed by atoms with Gasteiger partial charge in [0.1, 0.15) is 6.10 Å². The number of hydrogen-bond donors (Lipinski definition) is 1. The molecular weight excluding hydrogens is 494 g/mol. The van der Waals surface area contributed by atoms with Gasteiger partial charge in [0.25, 0.3) is 0 Å². The average molecular weight is 558 g/mol. The van der Waals surface area contributed by atoms with Crippen LogP contribution in [-0.4, -0.2) is 37.9 Å². The monoisotopic (exact) mass is 557 g/mol. The van der Waals surface area contributed by atoms with Crippen LogP contribution in [0.25, 0.3) is 0 Å². The van der Waals surface area contributed by atoms with Gasteiger partial charge in [0.05, 0.1) is 18.1 Å². The SMILES string of the molecule is CNC(C)C(C)(C)C(=O)OC1C(C)=C2C(C)(C)C(C)(C1C)C(C)C1C(C)(C(C)C[C@H]3OC[C@@]13C)C(C)(C)C2(C)C. The maximum Gasteiger partial charge on any atom is 0.313 e. The topological polar surface area (TPSA) is 47.6 Å². The van der Waals surface area contributed by atoms with Gasteiger partial charge in [-0.1, -0.05) is 88.7 Å². The van der Waals surface area contributed by atoms with Crippen molar-refractivity contribution in [1.82, 2.24) is 5.32 Å². The number of carbonyl (C=O) groups excluding carboxylic acids is 1. The Kier molecular flexibility index (Phi) is 7.27. The van der Waals surface area contributed by atoms with Gasteiger partial charge in [0, 0.05) is 17.4 Å². The molecule has 40 heavy (non-hydrogen) atoms. The minimum atomic E-state index is -0.628. The predicted molar refractivity (Wildman–Crippen MR) is 166 cm³/mol. The van der Waals surface area contributed by atoms with Crippen LogP contribution in [0, 0.1) is 61.6 Å². The van der Waals surface area contributed by atoms with Crippen LogP contribution in [0.15, 0.2) is 11.1 Å². The Morgan fingerprint density at radius 2 is 1.50 bits per heavy atom.